The van der Waals surface area contributed by atoms with Crippen LogP contribution in [0.4, 0.5) is 0 Å². The fourth-order valence-electron chi connectivity index (χ4n) is 8.71. The average Bonchev–Trinajstić information content (AvgIpc) is 3.30. The van der Waals surface area contributed by atoms with E-state index in [1.807, 2.05) is 0 Å². The van der Waals surface area contributed by atoms with E-state index in [1.54, 1.807) is 5.57 Å². The number of Topliss-reactive ketones (excluding diaryl/α,β-unsaturated/α-hetero) is 1. The summed E-state index contributed by atoms with van der Waals surface area (Å²) in [5.41, 5.74) is 3.47. The van der Waals surface area contributed by atoms with Crippen molar-refractivity contribution in [2.24, 2.45) is 11.8 Å². The normalized spacial score (nSPS) is 48.2. The van der Waals surface area contributed by atoms with Gasteiger partial charge in [0.2, 0.25) is 0 Å². The first kappa shape index (κ1) is 19.7. The second-order valence-electron chi connectivity index (χ2n) is 11.5. The maximum atomic E-state index is 12.4. The molecule has 6 aliphatic heterocycles. The van der Waals surface area contributed by atoms with Crippen LogP contribution in [0.25, 0.3) is 0 Å². The summed E-state index contributed by atoms with van der Waals surface area (Å²) in [7, 11) is 0. The van der Waals surface area contributed by atoms with E-state index in [1.165, 1.54) is 50.5 Å². The molecule has 4 heteroatoms. The summed E-state index contributed by atoms with van der Waals surface area (Å²) in [6.45, 7) is 5.12. The Morgan fingerprint density at radius 1 is 1.17 bits per heavy atom. The molecule has 0 aromatic heterocycles. The van der Waals surface area contributed by atoms with Gasteiger partial charge in [-0.05, 0) is 70.1 Å². The lowest BCUT2D eigenvalue weighted by Crippen LogP contribution is -2.59. The van der Waals surface area contributed by atoms with Gasteiger partial charge in [0.15, 0.2) is 5.78 Å². The van der Waals surface area contributed by atoms with Gasteiger partial charge in [0.1, 0.15) is 0 Å². The fourth-order valence-corrected chi connectivity index (χ4v) is 8.71. The zero-order valence-electron chi connectivity index (χ0n) is 18.7. The number of carbonyl (C=O) groups is 1. The van der Waals surface area contributed by atoms with E-state index in [9.17, 15) is 9.90 Å². The predicted octanol–water partition coefficient (Wildman–Crippen LogP) is 3.84. The van der Waals surface area contributed by atoms with Crippen LogP contribution in [0.15, 0.2) is 23.3 Å². The van der Waals surface area contributed by atoms with Gasteiger partial charge in [-0.1, -0.05) is 36.6 Å². The number of aliphatic hydroxyl groups excluding tert-OH is 1. The van der Waals surface area contributed by atoms with Crippen molar-refractivity contribution in [1.29, 1.82) is 0 Å². The summed E-state index contributed by atoms with van der Waals surface area (Å²) in [4.78, 5) is 17.9. The lowest BCUT2D eigenvalue weighted by atomic mass is 9.72. The largest absolute Gasteiger partial charge is 0.396 e. The molecule has 0 bridgehead atoms. The van der Waals surface area contributed by atoms with Crippen molar-refractivity contribution in [3.63, 3.8) is 0 Å². The van der Waals surface area contributed by atoms with E-state index in [0.717, 1.165) is 31.2 Å². The first-order valence-electron chi connectivity index (χ1n) is 12.6. The van der Waals surface area contributed by atoms with Crippen LogP contribution in [0, 0.1) is 11.8 Å². The summed E-state index contributed by atoms with van der Waals surface area (Å²) in [5.74, 6) is 1.67. The quantitative estimate of drug-likeness (QED) is 0.718. The molecule has 1 N–H and O–H groups in total. The van der Waals surface area contributed by atoms with Crippen molar-refractivity contribution in [3.05, 3.63) is 23.3 Å². The minimum Gasteiger partial charge on any atom is -0.396 e. The highest BCUT2D eigenvalue weighted by Gasteiger charge is 2.57. The van der Waals surface area contributed by atoms with Crippen LogP contribution in [0.1, 0.15) is 78.1 Å². The zero-order valence-corrected chi connectivity index (χ0v) is 18.7. The second kappa shape index (κ2) is 7.02. The van der Waals surface area contributed by atoms with Gasteiger partial charge in [0, 0.05) is 36.7 Å². The molecule has 0 aromatic rings. The van der Waals surface area contributed by atoms with Crippen LogP contribution >= 0.6 is 0 Å². The van der Waals surface area contributed by atoms with Gasteiger partial charge in [-0.15, -0.1) is 0 Å². The topological polar surface area (TPSA) is 43.8 Å². The van der Waals surface area contributed by atoms with Crippen LogP contribution in [0.2, 0.25) is 0 Å². The van der Waals surface area contributed by atoms with Gasteiger partial charge in [-0.25, -0.2) is 0 Å². The third kappa shape index (κ3) is 2.72. The molecule has 6 rings (SSSR count). The van der Waals surface area contributed by atoms with E-state index >= 15 is 0 Å². The first-order valence-corrected chi connectivity index (χ1v) is 12.6. The molecule has 164 valence electrons. The lowest BCUT2D eigenvalue weighted by Gasteiger charge is -2.55. The van der Waals surface area contributed by atoms with Crippen molar-refractivity contribution in [2.45, 2.75) is 114 Å². The molecule has 4 fully saturated rings. The van der Waals surface area contributed by atoms with Gasteiger partial charge in [-0.2, -0.15) is 0 Å². The molecule has 6 heterocycles. The molecule has 0 saturated carbocycles. The minimum absolute atomic E-state index is 0.0423. The van der Waals surface area contributed by atoms with E-state index < -0.39 is 0 Å². The van der Waals surface area contributed by atoms with E-state index in [-0.39, 0.29) is 11.6 Å². The second-order valence-corrected chi connectivity index (χ2v) is 11.5. The van der Waals surface area contributed by atoms with Crippen molar-refractivity contribution >= 4 is 5.78 Å². The number of piperidine rings is 3. The maximum Gasteiger partial charge on any atom is 0.153 e. The highest BCUT2D eigenvalue weighted by molar-refractivity contribution is 5.87. The highest BCUT2D eigenvalue weighted by Crippen LogP contribution is 2.55. The predicted molar refractivity (Wildman–Crippen MR) is 118 cm³/mol. The minimum atomic E-state index is 0.0423. The Kier molecular flexibility index (Phi) is 4.61. The van der Waals surface area contributed by atoms with Crippen molar-refractivity contribution < 1.29 is 9.90 Å². The molecule has 8 atom stereocenters. The molecular weight excluding hydrogens is 372 g/mol. The van der Waals surface area contributed by atoms with Gasteiger partial charge >= 0.3 is 0 Å². The molecule has 0 aromatic carbocycles. The Bertz CT molecular complexity index is 803. The monoisotopic (exact) mass is 410 g/mol. The number of hydrogen-bond donors (Lipinski definition) is 1. The SMILES string of the molecule is CC1=C(CC23CCCC4CC(C)CC([C@@H](CO)C2)N43)C[C@@H]2CCC(=O)C3C=CC1N32. The summed E-state index contributed by atoms with van der Waals surface area (Å²) in [6, 6.07) is 2.24. The average molecular weight is 411 g/mol. The summed E-state index contributed by atoms with van der Waals surface area (Å²) in [5, 5.41) is 10.3. The highest BCUT2D eigenvalue weighted by atomic mass is 16.3. The van der Waals surface area contributed by atoms with Crippen LogP contribution in [-0.4, -0.2) is 63.0 Å². The molecule has 6 aliphatic rings. The smallest absolute Gasteiger partial charge is 0.153 e. The lowest BCUT2D eigenvalue weighted by molar-refractivity contribution is -0.127. The number of hydrogen-bond acceptors (Lipinski definition) is 4. The molecule has 0 aliphatic carbocycles. The van der Waals surface area contributed by atoms with E-state index in [2.05, 4.69) is 35.8 Å². The molecule has 0 spiro atoms. The van der Waals surface area contributed by atoms with Crippen LogP contribution in [-0.2, 0) is 4.79 Å². The van der Waals surface area contributed by atoms with Crippen LogP contribution in [0.5, 0.6) is 0 Å². The number of ketones is 1. The first-order chi connectivity index (χ1) is 14.5. The molecule has 4 nitrogen and oxygen atoms in total. The summed E-state index contributed by atoms with van der Waals surface area (Å²) in [6.07, 6.45) is 16.4. The Labute approximate surface area is 181 Å². The maximum absolute atomic E-state index is 12.4. The van der Waals surface area contributed by atoms with Gasteiger partial charge < -0.3 is 5.11 Å². The zero-order chi connectivity index (χ0) is 20.6. The molecule has 6 unspecified atom stereocenters. The van der Waals surface area contributed by atoms with Crippen molar-refractivity contribution in [3.8, 4) is 0 Å². The molecule has 4 saturated heterocycles. The summed E-state index contributed by atoms with van der Waals surface area (Å²) >= 11 is 0. The molecular formula is C26H38N2O2. The van der Waals surface area contributed by atoms with E-state index in [4.69, 9.17) is 0 Å². The van der Waals surface area contributed by atoms with Crippen LogP contribution in [0.3, 0.4) is 0 Å². The van der Waals surface area contributed by atoms with Crippen molar-refractivity contribution in [1.82, 2.24) is 9.80 Å². The Hall–Kier alpha value is -0.970. The number of rotatable bonds is 3. The van der Waals surface area contributed by atoms with Gasteiger partial charge in [-0.3, -0.25) is 14.6 Å². The summed E-state index contributed by atoms with van der Waals surface area (Å²) < 4.78 is 0. The number of aliphatic hydroxyl groups is 1. The van der Waals surface area contributed by atoms with Crippen molar-refractivity contribution in [2.75, 3.05) is 6.61 Å². The Morgan fingerprint density at radius 3 is 2.83 bits per heavy atom. The third-order valence-corrected chi connectivity index (χ3v) is 9.84. The third-order valence-electron chi connectivity index (χ3n) is 9.84. The fraction of sp³-hybridized carbons (Fsp3) is 0.808. The standard InChI is InChI=1S/C26H38N2O2/c1-16-10-21-4-3-9-26(14-19(15-29)24(11-16)28(21)26)13-18-12-20-5-8-25(30)23-7-6-22(17(18)2)27(20)23/h6-7,16,19-24,29H,3-5,8-15H2,1-2H3/t16?,19-,20+,21?,22?,23?,24?,26?/m1/s1. The molecule has 0 radical (unpaired) electrons. The Balaban J connectivity index is 1.34. The molecule has 0 amide bonds. The molecule has 30 heavy (non-hydrogen) atoms. The van der Waals surface area contributed by atoms with Crippen LogP contribution < -0.4 is 0 Å². The van der Waals surface area contributed by atoms with Gasteiger partial charge in [0.05, 0.1) is 12.1 Å². The van der Waals surface area contributed by atoms with E-state index in [0.29, 0.717) is 36.4 Å². The number of carbonyl (C=O) groups excluding carboxylic acids is 1. The van der Waals surface area contributed by atoms with Gasteiger partial charge in [0.25, 0.3) is 0 Å². The Morgan fingerprint density at radius 2 is 2.00 bits per heavy atom. The number of nitrogens with zero attached hydrogens (tertiary/aromatic N) is 2.